The minimum atomic E-state index is 0.0318. The van der Waals surface area contributed by atoms with Crippen LogP contribution in [-0.2, 0) is 0 Å². The van der Waals surface area contributed by atoms with Gasteiger partial charge in [0, 0.05) is 85.6 Å². The molecule has 15 aromatic rings. The molecule has 0 aliphatic heterocycles. The fourth-order valence-electron chi connectivity index (χ4n) is 13.1. The molecule has 2 unspecified atom stereocenters. The lowest BCUT2D eigenvalue weighted by Gasteiger charge is -2.42. The van der Waals surface area contributed by atoms with Crippen LogP contribution < -0.4 is 0 Å². The first-order valence-corrected chi connectivity index (χ1v) is 29.5. The quantitative estimate of drug-likeness (QED) is 0.152. The Morgan fingerprint density at radius 1 is 0.220 bits per heavy atom. The van der Waals surface area contributed by atoms with Crippen molar-refractivity contribution < 1.29 is 0 Å². The van der Waals surface area contributed by atoms with Gasteiger partial charge in [0.25, 0.3) is 0 Å². The number of aromatic nitrogens is 4. The topological polar surface area (TPSA) is 51.6 Å². The van der Waals surface area contributed by atoms with E-state index in [1.54, 1.807) is 0 Å². The third kappa shape index (κ3) is 7.63. The minimum Gasteiger partial charge on any atom is -0.228 e. The highest BCUT2D eigenvalue weighted by atomic mass is 32.1. The lowest BCUT2D eigenvalue weighted by Crippen LogP contribution is -2.27. The highest BCUT2D eigenvalue weighted by Crippen LogP contribution is 2.57. The molecule has 2 atom stereocenters. The second-order valence-corrected chi connectivity index (χ2v) is 23.7. The molecule has 4 aromatic heterocycles. The van der Waals surface area contributed by atoms with Crippen molar-refractivity contribution in [1.82, 2.24) is 19.9 Å². The molecule has 0 radical (unpaired) electrons. The second-order valence-electron chi connectivity index (χ2n) is 21.5. The Morgan fingerprint density at radius 3 is 1.04 bits per heavy atom. The molecule has 0 spiro atoms. The van der Waals surface area contributed by atoms with Crippen molar-refractivity contribution in [3.63, 3.8) is 0 Å². The van der Waals surface area contributed by atoms with Gasteiger partial charge in [-0.1, -0.05) is 206 Å². The van der Waals surface area contributed by atoms with Gasteiger partial charge in [-0.05, 0) is 116 Å². The zero-order chi connectivity index (χ0) is 53.8. The van der Waals surface area contributed by atoms with E-state index in [1.165, 1.54) is 73.7 Å². The van der Waals surface area contributed by atoms with E-state index in [9.17, 15) is 0 Å². The predicted octanol–water partition coefficient (Wildman–Crippen LogP) is 20.3. The van der Waals surface area contributed by atoms with Crippen LogP contribution in [0.3, 0.4) is 0 Å². The van der Waals surface area contributed by atoms with Crippen molar-refractivity contribution in [3.8, 4) is 90.1 Å². The number of thiophene rings is 2. The standard InChI is InChI=1S/C76H46N4S2/c1-3-17-45(18-4-1)75-77-65(43-67(79-75)53-23-9-7-21-51(53)47-33-37-71-61(39-47)55-25-13-15-29-69(55)81-71)49-31-35-59-63(41-49)73-57-27-11-12-28-58(57)74(59)64-42-50(32-36-60(64)73)66-44-68(80-76(78-66)46-19-5-2-6-20-46)54-24-10-8-22-52(54)48-34-38-72-62(40-48)56-26-14-16-30-70(56)82-72/h1-44,73-74H. The Hall–Kier alpha value is -9.98. The molecular formula is C76H46N4S2. The Labute approximate surface area is 482 Å². The maximum Gasteiger partial charge on any atom is 0.160 e. The van der Waals surface area contributed by atoms with E-state index in [-0.39, 0.29) is 11.8 Å². The first kappa shape index (κ1) is 46.9. The summed E-state index contributed by atoms with van der Waals surface area (Å²) >= 11 is 3.69. The smallest absolute Gasteiger partial charge is 0.160 e. The number of fused-ring (bicyclic) bond motifs is 6. The SMILES string of the molecule is c1ccc(-c2nc(-c3ccc4c(c3)C3c5ccccc5C4c4cc(-c5cc(-c6ccccc6-c6ccc7sc8ccccc8c7c6)nc(-c6ccccc6)n5)ccc43)cc(-c3ccccc3-c3ccc4sc5ccccc5c4c3)n2)cc1. The predicted molar refractivity (Wildman–Crippen MR) is 342 cm³/mol. The van der Waals surface area contributed by atoms with E-state index in [0.717, 1.165) is 78.4 Å². The molecule has 6 heteroatoms. The second kappa shape index (κ2) is 18.8. The van der Waals surface area contributed by atoms with Gasteiger partial charge in [0.2, 0.25) is 0 Å². The molecule has 4 nitrogen and oxygen atoms in total. The summed E-state index contributed by atoms with van der Waals surface area (Å²) in [7, 11) is 0. The summed E-state index contributed by atoms with van der Waals surface area (Å²) in [5.74, 6) is 1.46. The van der Waals surface area contributed by atoms with Crippen LogP contribution in [0.15, 0.2) is 267 Å². The third-order valence-corrected chi connectivity index (χ3v) is 19.2. The van der Waals surface area contributed by atoms with Crippen LogP contribution in [-0.4, -0.2) is 19.9 Å². The summed E-state index contributed by atoms with van der Waals surface area (Å²) in [6.45, 7) is 0. The van der Waals surface area contributed by atoms with Gasteiger partial charge in [-0.3, -0.25) is 0 Å². The summed E-state index contributed by atoms with van der Waals surface area (Å²) in [5.41, 5.74) is 22.4. The zero-order valence-electron chi connectivity index (χ0n) is 44.2. The Kier molecular flexibility index (Phi) is 10.8. The highest BCUT2D eigenvalue weighted by Gasteiger charge is 2.41. The number of benzene rings is 11. The maximum atomic E-state index is 5.39. The van der Waals surface area contributed by atoms with Gasteiger partial charge in [0.1, 0.15) is 0 Å². The molecule has 0 amide bonds. The first-order valence-electron chi connectivity index (χ1n) is 27.9. The fraction of sp³-hybridized carbons (Fsp3) is 0.0263. The Bertz CT molecular complexity index is 4760. The van der Waals surface area contributed by atoms with Gasteiger partial charge in [-0.2, -0.15) is 0 Å². The number of hydrogen-bond acceptors (Lipinski definition) is 6. The summed E-state index contributed by atoms with van der Waals surface area (Å²) in [4.78, 5) is 21.5. The van der Waals surface area contributed by atoms with Gasteiger partial charge in [-0.15, -0.1) is 22.7 Å². The minimum absolute atomic E-state index is 0.0318. The van der Waals surface area contributed by atoms with Crippen molar-refractivity contribution in [2.24, 2.45) is 0 Å². The monoisotopic (exact) mass is 1080 g/mol. The molecule has 3 aliphatic carbocycles. The zero-order valence-corrected chi connectivity index (χ0v) is 45.8. The van der Waals surface area contributed by atoms with E-state index < -0.39 is 0 Å². The van der Waals surface area contributed by atoms with E-state index >= 15 is 0 Å². The molecule has 0 fully saturated rings. The largest absolute Gasteiger partial charge is 0.228 e. The first-order chi connectivity index (χ1) is 40.6. The van der Waals surface area contributed by atoms with Gasteiger partial charge in [0.05, 0.1) is 22.8 Å². The van der Waals surface area contributed by atoms with Crippen molar-refractivity contribution in [2.45, 2.75) is 11.8 Å². The summed E-state index contributed by atoms with van der Waals surface area (Å²) in [6, 6.07) is 96.9. The number of nitrogens with zero attached hydrogens (tertiary/aromatic N) is 4. The van der Waals surface area contributed by atoms with E-state index in [4.69, 9.17) is 19.9 Å². The Morgan fingerprint density at radius 2 is 0.573 bits per heavy atom. The molecule has 18 rings (SSSR count). The van der Waals surface area contributed by atoms with Crippen molar-refractivity contribution in [3.05, 3.63) is 300 Å². The van der Waals surface area contributed by atoms with Crippen LogP contribution in [0, 0.1) is 0 Å². The Balaban J connectivity index is 0.781. The lowest BCUT2D eigenvalue weighted by molar-refractivity contribution is 0.755. The molecule has 4 heterocycles. The molecular weight excluding hydrogens is 1030 g/mol. The van der Waals surface area contributed by atoms with Crippen LogP contribution in [0.4, 0.5) is 0 Å². The van der Waals surface area contributed by atoms with E-state index in [2.05, 4.69) is 255 Å². The molecule has 11 aromatic carbocycles. The van der Waals surface area contributed by atoms with Crippen molar-refractivity contribution >= 4 is 63.0 Å². The average molecular weight is 1080 g/mol. The summed E-state index contributed by atoms with van der Waals surface area (Å²) in [6.07, 6.45) is 0. The van der Waals surface area contributed by atoms with Gasteiger partial charge in [-0.25, -0.2) is 19.9 Å². The van der Waals surface area contributed by atoms with E-state index in [0.29, 0.717) is 11.6 Å². The van der Waals surface area contributed by atoms with E-state index in [1.807, 2.05) is 34.8 Å². The fourth-order valence-corrected chi connectivity index (χ4v) is 15.3. The number of hydrogen-bond donors (Lipinski definition) is 0. The van der Waals surface area contributed by atoms with Crippen LogP contribution >= 0.6 is 22.7 Å². The molecule has 0 saturated heterocycles. The molecule has 0 N–H and O–H groups in total. The van der Waals surface area contributed by atoms with Gasteiger partial charge < -0.3 is 0 Å². The highest BCUT2D eigenvalue weighted by molar-refractivity contribution is 7.26. The van der Waals surface area contributed by atoms with Gasteiger partial charge >= 0.3 is 0 Å². The molecule has 0 saturated carbocycles. The number of rotatable bonds is 8. The molecule has 82 heavy (non-hydrogen) atoms. The maximum absolute atomic E-state index is 5.39. The lowest BCUT2D eigenvalue weighted by atomic mass is 9.60. The average Bonchev–Trinajstić information content (AvgIpc) is 2.21. The van der Waals surface area contributed by atoms with Crippen LogP contribution in [0.2, 0.25) is 0 Å². The van der Waals surface area contributed by atoms with Crippen LogP contribution in [0.1, 0.15) is 45.2 Å². The van der Waals surface area contributed by atoms with Crippen LogP contribution in [0.25, 0.3) is 130 Å². The van der Waals surface area contributed by atoms with Gasteiger partial charge in [0.15, 0.2) is 11.6 Å². The van der Waals surface area contributed by atoms with Crippen molar-refractivity contribution in [1.29, 1.82) is 0 Å². The third-order valence-electron chi connectivity index (χ3n) is 16.9. The summed E-state index contributed by atoms with van der Waals surface area (Å²) < 4.78 is 5.18. The molecule has 382 valence electrons. The molecule has 3 aliphatic rings. The van der Waals surface area contributed by atoms with Crippen molar-refractivity contribution in [2.75, 3.05) is 0 Å². The van der Waals surface area contributed by atoms with Crippen LogP contribution in [0.5, 0.6) is 0 Å². The normalized spacial score (nSPS) is 14.1. The molecule has 2 bridgehead atoms. The summed E-state index contributed by atoms with van der Waals surface area (Å²) in [5, 5.41) is 5.13.